The SMILES string of the molecule is OC(COC12CC3CC(CC(C3)C1)C2)CN1CCN(Cc2ccc3c(c2)OCO3)CC1. The molecule has 7 rings (SSSR count). The lowest BCUT2D eigenvalue weighted by atomic mass is 9.54. The lowest BCUT2D eigenvalue weighted by Gasteiger charge is -2.56. The molecule has 0 amide bonds. The number of hydrogen-bond acceptors (Lipinski definition) is 6. The van der Waals surface area contributed by atoms with Crippen LogP contribution in [0.4, 0.5) is 0 Å². The first kappa shape index (κ1) is 20.3. The molecule has 1 aromatic rings. The summed E-state index contributed by atoms with van der Waals surface area (Å²) in [6.07, 6.45) is 7.64. The molecule has 1 unspecified atom stereocenters. The molecule has 4 aliphatic carbocycles. The third-order valence-electron chi connectivity index (χ3n) is 8.34. The van der Waals surface area contributed by atoms with Gasteiger partial charge in [-0.15, -0.1) is 0 Å². The van der Waals surface area contributed by atoms with E-state index in [-0.39, 0.29) is 11.7 Å². The van der Waals surface area contributed by atoms with Gasteiger partial charge in [-0.25, -0.2) is 0 Å². The minimum Gasteiger partial charge on any atom is -0.454 e. The van der Waals surface area contributed by atoms with Crippen LogP contribution in [-0.4, -0.2) is 72.7 Å². The van der Waals surface area contributed by atoms with Crippen LogP contribution in [0.5, 0.6) is 11.5 Å². The van der Waals surface area contributed by atoms with Crippen molar-refractivity contribution in [3.05, 3.63) is 23.8 Å². The molecule has 170 valence electrons. The van der Waals surface area contributed by atoms with Crippen molar-refractivity contribution in [1.29, 1.82) is 0 Å². The lowest BCUT2D eigenvalue weighted by Crippen LogP contribution is -2.53. The summed E-state index contributed by atoms with van der Waals surface area (Å²) in [5.74, 6) is 4.38. The smallest absolute Gasteiger partial charge is 0.231 e. The Balaban J connectivity index is 0.944. The van der Waals surface area contributed by atoms with Crippen molar-refractivity contribution in [1.82, 2.24) is 9.80 Å². The molecule has 1 N–H and O–H groups in total. The Labute approximate surface area is 185 Å². The molecule has 0 radical (unpaired) electrons. The monoisotopic (exact) mass is 428 g/mol. The Morgan fingerprint density at radius 3 is 2.29 bits per heavy atom. The predicted octanol–water partition coefficient (Wildman–Crippen LogP) is 2.88. The van der Waals surface area contributed by atoms with Gasteiger partial charge >= 0.3 is 0 Å². The number of piperazine rings is 1. The molecule has 5 fully saturated rings. The molecular formula is C25H36N2O4. The van der Waals surface area contributed by atoms with E-state index in [0.29, 0.717) is 13.4 Å². The van der Waals surface area contributed by atoms with Gasteiger partial charge < -0.3 is 19.3 Å². The quantitative estimate of drug-likeness (QED) is 0.721. The summed E-state index contributed by atoms with van der Waals surface area (Å²) in [6, 6.07) is 6.24. The molecule has 4 saturated carbocycles. The molecule has 6 aliphatic rings. The van der Waals surface area contributed by atoms with E-state index < -0.39 is 0 Å². The zero-order valence-electron chi connectivity index (χ0n) is 18.5. The van der Waals surface area contributed by atoms with E-state index in [2.05, 4.69) is 21.9 Å². The average Bonchev–Trinajstić information content (AvgIpc) is 3.21. The van der Waals surface area contributed by atoms with Crippen molar-refractivity contribution < 1.29 is 19.3 Å². The molecule has 2 aliphatic heterocycles. The molecule has 6 heteroatoms. The topological polar surface area (TPSA) is 54.4 Å². The second kappa shape index (κ2) is 8.22. The van der Waals surface area contributed by atoms with Crippen molar-refractivity contribution >= 4 is 0 Å². The maximum absolute atomic E-state index is 10.7. The molecule has 2 heterocycles. The maximum Gasteiger partial charge on any atom is 0.231 e. The number of fused-ring (bicyclic) bond motifs is 1. The molecule has 1 saturated heterocycles. The van der Waals surface area contributed by atoms with Crippen LogP contribution in [0.2, 0.25) is 0 Å². The van der Waals surface area contributed by atoms with Crippen molar-refractivity contribution in [3.63, 3.8) is 0 Å². The van der Waals surface area contributed by atoms with E-state index in [1.165, 1.54) is 44.1 Å². The van der Waals surface area contributed by atoms with E-state index in [0.717, 1.165) is 68.5 Å². The first-order chi connectivity index (χ1) is 15.1. The number of ether oxygens (including phenoxy) is 3. The van der Waals surface area contributed by atoms with E-state index in [1.807, 2.05) is 6.07 Å². The van der Waals surface area contributed by atoms with Crippen molar-refractivity contribution in [2.45, 2.75) is 56.8 Å². The number of rotatable bonds is 7. The van der Waals surface area contributed by atoms with Crippen LogP contribution in [0.3, 0.4) is 0 Å². The summed E-state index contributed by atoms with van der Waals surface area (Å²) in [6.45, 7) is 6.54. The number of aliphatic hydroxyl groups excluding tert-OH is 1. The first-order valence-corrected chi connectivity index (χ1v) is 12.3. The van der Waals surface area contributed by atoms with Crippen LogP contribution in [0.1, 0.15) is 44.1 Å². The summed E-state index contributed by atoms with van der Waals surface area (Å²) in [5, 5.41) is 10.7. The molecule has 0 spiro atoms. The van der Waals surface area contributed by atoms with Crippen molar-refractivity contribution in [2.24, 2.45) is 17.8 Å². The van der Waals surface area contributed by atoms with E-state index >= 15 is 0 Å². The molecule has 1 aromatic carbocycles. The highest BCUT2D eigenvalue weighted by Crippen LogP contribution is 2.57. The lowest BCUT2D eigenvalue weighted by molar-refractivity contribution is -0.176. The third-order valence-corrected chi connectivity index (χ3v) is 8.34. The zero-order valence-corrected chi connectivity index (χ0v) is 18.5. The number of aliphatic hydroxyl groups is 1. The Hall–Kier alpha value is -1.34. The summed E-state index contributed by atoms with van der Waals surface area (Å²) >= 11 is 0. The van der Waals surface area contributed by atoms with Gasteiger partial charge in [-0.05, 0) is 74.0 Å². The fourth-order valence-electron chi connectivity index (χ4n) is 7.26. The standard InChI is InChI=1S/C25H36N2O4/c28-22(16-31-25-11-19-7-20(12-25)9-21(8-19)13-25)15-27-5-3-26(4-6-27)14-18-1-2-23-24(10-18)30-17-29-23/h1-2,10,19-22,28H,3-9,11-17H2. The Morgan fingerprint density at radius 1 is 0.935 bits per heavy atom. The average molecular weight is 429 g/mol. The number of nitrogens with zero attached hydrogens (tertiary/aromatic N) is 2. The first-order valence-electron chi connectivity index (χ1n) is 12.3. The van der Waals surface area contributed by atoms with Gasteiger partial charge in [0.2, 0.25) is 6.79 Å². The Bertz CT molecular complexity index is 756. The second-order valence-corrected chi connectivity index (χ2v) is 10.8. The van der Waals surface area contributed by atoms with Gasteiger partial charge in [0, 0.05) is 39.3 Å². The molecule has 31 heavy (non-hydrogen) atoms. The van der Waals surface area contributed by atoms with Gasteiger partial charge in [0.05, 0.1) is 18.3 Å². The summed E-state index contributed by atoms with van der Waals surface area (Å²) < 4.78 is 17.4. The Morgan fingerprint density at radius 2 is 1.58 bits per heavy atom. The van der Waals surface area contributed by atoms with Gasteiger partial charge in [-0.1, -0.05) is 6.07 Å². The molecule has 0 aromatic heterocycles. The van der Waals surface area contributed by atoms with Gasteiger partial charge in [0.1, 0.15) is 0 Å². The highest BCUT2D eigenvalue weighted by atomic mass is 16.7. The molecule has 4 bridgehead atoms. The highest BCUT2D eigenvalue weighted by molar-refractivity contribution is 5.44. The summed E-state index contributed by atoms with van der Waals surface area (Å²) in [4.78, 5) is 4.87. The zero-order chi connectivity index (χ0) is 20.8. The minimum absolute atomic E-state index is 0.0963. The van der Waals surface area contributed by atoms with Gasteiger partial charge in [-0.3, -0.25) is 9.80 Å². The van der Waals surface area contributed by atoms with E-state index in [9.17, 15) is 5.11 Å². The molecule has 1 atom stereocenters. The maximum atomic E-state index is 10.7. The number of β-amino-alcohol motifs (C(OH)–C–C–N with tert-alkyl or cyclic N) is 1. The van der Waals surface area contributed by atoms with Crippen LogP contribution in [0, 0.1) is 17.8 Å². The molecule has 6 nitrogen and oxygen atoms in total. The van der Waals surface area contributed by atoms with Crippen LogP contribution in [0.15, 0.2) is 18.2 Å². The van der Waals surface area contributed by atoms with Gasteiger partial charge in [0.15, 0.2) is 11.5 Å². The fourth-order valence-corrected chi connectivity index (χ4v) is 7.26. The van der Waals surface area contributed by atoms with Crippen LogP contribution in [0.25, 0.3) is 0 Å². The number of hydrogen-bond donors (Lipinski definition) is 1. The normalized spacial score (nSPS) is 35.6. The van der Waals surface area contributed by atoms with E-state index in [1.54, 1.807) is 0 Å². The summed E-state index contributed by atoms with van der Waals surface area (Å²) in [7, 11) is 0. The molecular weight excluding hydrogens is 392 g/mol. The third kappa shape index (κ3) is 4.32. The predicted molar refractivity (Wildman–Crippen MR) is 117 cm³/mol. The Kier molecular flexibility index (Phi) is 5.37. The van der Waals surface area contributed by atoms with Gasteiger partial charge in [-0.2, -0.15) is 0 Å². The van der Waals surface area contributed by atoms with E-state index in [4.69, 9.17) is 14.2 Å². The highest BCUT2D eigenvalue weighted by Gasteiger charge is 2.51. The van der Waals surface area contributed by atoms with Crippen LogP contribution >= 0.6 is 0 Å². The number of benzene rings is 1. The minimum atomic E-state index is -0.381. The van der Waals surface area contributed by atoms with Gasteiger partial charge in [0.25, 0.3) is 0 Å². The largest absolute Gasteiger partial charge is 0.454 e. The van der Waals surface area contributed by atoms with Crippen LogP contribution in [-0.2, 0) is 11.3 Å². The van der Waals surface area contributed by atoms with Crippen molar-refractivity contribution in [2.75, 3.05) is 46.1 Å². The van der Waals surface area contributed by atoms with Crippen molar-refractivity contribution in [3.8, 4) is 11.5 Å². The second-order valence-electron chi connectivity index (χ2n) is 10.8. The fraction of sp³-hybridized carbons (Fsp3) is 0.760. The van der Waals surface area contributed by atoms with Crippen LogP contribution < -0.4 is 9.47 Å². The summed E-state index contributed by atoms with van der Waals surface area (Å²) in [5.41, 5.74) is 1.36.